The van der Waals surface area contributed by atoms with E-state index in [1.165, 1.54) is 23.1 Å². The molecule has 2 aliphatic heterocycles. The highest BCUT2D eigenvalue weighted by Gasteiger charge is 2.38. The summed E-state index contributed by atoms with van der Waals surface area (Å²) < 4.78 is 10.8. The molecule has 0 aromatic heterocycles. The zero-order chi connectivity index (χ0) is 23.4. The Labute approximate surface area is 188 Å². The molecule has 3 amide bonds. The molecule has 0 aliphatic carbocycles. The van der Waals surface area contributed by atoms with E-state index < -0.39 is 11.9 Å². The highest BCUT2D eigenvalue weighted by atomic mass is 16.5. The average molecular weight is 445 g/mol. The lowest BCUT2D eigenvalue weighted by Crippen LogP contribution is -2.39. The molecule has 2 aliphatic rings. The van der Waals surface area contributed by atoms with Crippen molar-refractivity contribution in [3.05, 3.63) is 34.9 Å². The second-order valence-electron chi connectivity index (χ2n) is 9.28. The minimum atomic E-state index is -0.701. The Balaban J connectivity index is 1.64. The number of benzene rings is 1. The van der Waals surface area contributed by atoms with E-state index in [1.807, 2.05) is 27.7 Å². The van der Waals surface area contributed by atoms with Gasteiger partial charge in [-0.3, -0.25) is 19.3 Å². The normalized spacial score (nSPS) is 17.9. The van der Waals surface area contributed by atoms with E-state index in [1.54, 1.807) is 4.90 Å². The molecule has 0 bridgehead atoms. The van der Waals surface area contributed by atoms with E-state index in [9.17, 15) is 19.2 Å². The van der Waals surface area contributed by atoms with Crippen LogP contribution in [0.1, 0.15) is 71.6 Å². The molecule has 1 saturated heterocycles. The summed E-state index contributed by atoms with van der Waals surface area (Å²) in [5, 5.41) is 0. The van der Waals surface area contributed by atoms with Crippen molar-refractivity contribution in [3.63, 3.8) is 0 Å². The van der Waals surface area contributed by atoms with Gasteiger partial charge in [0.2, 0.25) is 0 Å². The van der Waals surface area contributed by atoms with Crippen molar-refractivity contribution < 1.29 is 28.7 Å². The van der Waals surface area contributed by atoms with E-state index in [2.05, 4.69) is 0 Å². The molecule has 8 nitrogen and oxygen atoms in total. The van der Waals surface area contributed by atoms with Crippen LogP contribution in [-0.4, -0.2) is 72.4 Å². The van der Waals surface area contributed by atoms with Crippen LogP contribution in [0.15, 0.2) is 18.2 Å². The Morgan fingerprint density at radius 2 is 1.75 bits per heavy atom. The zero-order valence-corrected chi connectivity index (χ0v) is 19.3. The summed E-state index contributed by atoms with van der Waals surface area (Å²) >= 11 is 0. The van der Waals surface area contributed by atoms with Gasteiger partial charge < -0.3 is 14.4 Å². The first kappa shape index (κ1) is 23.9. The molecular weight excluding hydrogens is 412 g/mol. The van der Waals surface area contributed by atoms with Gasteiger partial charge in [0.15, 0.2) is 6.61 Å². The van der Waals surface area contributed by atoms with Crippen LogP contribution >= 0.6 is 0 Å². The van der Waals surface area contributed by atoms with Crippen molar-refractivity contribution >= 4 is 23.7 Å². The van der Waals surface area contributed by atoms with Crippen molar-refractivity contribution in [2.45, 2.75) is 46.6 Å². The Bertz CT molecular complexity index is 878. The van der Waals surface area contributed by atoms with Crippen LogP contribution in [-0.2, 0) is 14.3 Å². The second kappa shape index (κ2) is 10.3. The maximum atomic E-state index is 12.8. The van der Waals surface area contributed by atoms with E-state index >= 15 is 0 Å². The van der Waals surface area contributed by atoms with Gasteiger partial charge in [-0.05, 0) is 42.9 Å². The number of fused-ring (bicyclic) bond motifs is 1. The third-order valence-electron chi connectivity index (χ3n) is 5.47. The van der Waals surface area contributed by atoms with E-state index in [0.717, 1.165) is 12.8 Å². The van der Waals surface area contributed by atoms with Crippen LogP contribution in [0.5, 0.6) is 0 Å². The molecule has 32 heavy (non-hydrogen) atoms. The summed E-state index contributed by atoms with van der Waals surface area (Å²) in [4.78, 5) is 53.4. The molecule has 174 valence electrons. The molecule has 1 unspecified atom stereocenters. The van der Waals surface area contributed by atoms with Gasteiger partial charge in [-0.25, -0.2) is 4.79 Å². The third-order valence-corrected chi connectivity index (χ3v) is 5.47. The lowest BCUT2D eigenvalue weighted by atomic mass is 10.1. The first-order chi connectivity index (χ1) is 15.2. The zero-order valence-electron chi connectivity index (χ0n) is 19.3. The van der Waals surface area contributed by atoms with Crippen molar-refractivity contribution in [1.29, 1.82) is 0 Å². The molecule has 8 heteroatoms. The largest absolute Gasteiger partial charge is 0.452 e. The topological polar surface area (TPSA) is 93.2 Å². The molecule has 2 heterocycles. The van der Waals surface area contributed by atoms with Crippen molar-refractivity contribution in [2.75, 3.05) is 32.8 Å². The minimum absolute atomic E-state index is 0.135. The van der Waals surface area contributed by atoms with Gasteiger partial charge in [0.1, 0.15) is 0 Å². The maximum absolute atomic E-state index is 12.8. The monoisotopic (exact) mass is 444 g/mol. The lowest BCUT2D eigenvalue weighted by molar-refractivity contribution is -0.135. The lowest BCUT2D eigenvalue weighted by Gasteiger charge is -2.26. The van der Waals surface area contributed by atoms with Crippen LogP contribution in [0.25, 0.3) is 0 Å². The van der Waals surface area contributed by atoms with E-state index in [-0.39, 0.29) is 47.8 Å². The van der Waals surface area contributed by atoms with E-state index in [4.69, 9.17) is 9.47 Å². The van der Waals surface area contributed by atoms with Crippen molar-refractivity contribution in [2.24, 2.45) is 11.8 Å². The van der Waals surface area contributed by atoms with Crippen LogP contribution in [0.4, 0.5) is 0 Å². The van der Waals surface area contributed by atoms with Gasteiger partial charge >= 0.3 is 5.97 Å². The standard InChI is InChI=1S/C24H32N2O6/c1-15(2)11-25(12-16(3)4)21(27)14-32-24(30)17-7-8-19-20(10-17)23(29)26(22(19)28)13-18-6-5-9-31-18/h7-8,10,15-16,18H,5-6,9,11-14H2,1-4H3. The summed E-state index contributed by atoms with van der Waals surface area (Å²) in [6.07, 6.45) is 1.57. The number of hydrogen-bond acceptors (Lipinski definition) is 6. The quantitative estimate of drug-likeness (QED) is 0.430. The average Bonchev–Trinajstić information content (AvgIpc) is 3.33. The Morgan fingerprint density at radius 1 is 1.09 bits per heavy atom. The maximum Gasteiger partial charge on any atom is 0.338 e. The second-order valence-corrected chi connectivity index (χ2v) is 9.28. The number of rotatable bonds is 9. The van der Waals surface area contributed by atoms with Gasteiger partial charge in [-0.1, -0.05) is 27.7 Å². The number of amides is 3. The molecule has 1 aromatic rings. The van der Waals surface area contributed by atoms with Crippen molar-refractivity contribution in [1.82, 2.24) is 9.80 Å². The minimum Gasteiger partial charge on any atom is -0.452 e. The van der Waals surface area contributed by atoms with Crippen molar-refractivity contribution in [3.8, 4) is 0 Å². The predicted octanol–water partition coefficient (Wildman–Crippen LogP) is 2.76. The molecule has 1 atom stereocenters. The highest BCUT2D eigenvalue weighted by molar-refractivity contribution is 6.22. The number of esters is 1. The van der Waals surface area contributed by atoms with Gasteiger partial charge in [0.05, 0.1) is 29.3 Å². The molecule has 1 fully saturated rings. The fourth-order valence-corrected chi connectivity index (χ4v) is 4.04. The van der Waals surface area contributed by atoms with E-state index in [0.29, 0.717) is 31.5 Å². The number of imide groups is 1. The Kier molecular flexibility index (Phi) is 7.66. The fraction of sp³-hybridized carbons (Fsp3) is 0.583. The Hall–Kier alpha value is -2.74. The number of nitrogens with zero attached hydrogens (tertiary/aromatic N) is 2. The van der Waals surface area contributed by atoms with Gasteiger partial charge in [0, 0.05) is 19.7 Å². The SMILES string of the molecule is CC(C)CN(CC(C)C)C(=O)COC(=O)c1ccc2c(c1)C(=O)N(CC1CCCO1)C2=O. The number of ether oxygens (including phenoxy) is 2. The molecule has 0 radical (unpaired) electrons. The number of carbonyl (C=O) groups excluding carboxylic acids is 4. The summed E-state index contributed by atoms with van der Waals surface area (Å²) in [5.41, 5.74) is 0.576. The summed E-state index contributed by atoms with van der Waals surface area (Å²) in [7, 11) is 0. The highest BCUT2D eigenvalue weighted by Crippen LogP contribution is 2.26. The first-order valence-corrected chi connectivity index (χ1v) is 11.2. The number of carbonyl (C=O) groups is 4. The predicted molar refractivity (Wildman–Crippen MR) is 117 cm³/mol. The molecule has 0 saturated carbocycles. The third kappa shape index (κ3) is 5.54. The fourth-order valence-electron chi connectivity index (χ4n) is 4.04. The summed E-state index contributed by atoms with van der Waals surface area (Å²) in [6, 6.07) is 4.29. The van der Waals surface area contributed by atoms with Crippen LogP contribution in [0, 0.1) is 11.8 Å². The summed E-state index contributed by atoms with van der Waals surface area (Å²) in [5.74, 6) is -1.18. The van der Waals surface area contributed by atoms with Gasteiger partial charge in [-0.15, -0.1) is 0 Å². The molecule has 1 aromatic carbocycles. The first-order valence-electron chi connectivity index (χ1n) is 11.2. The van der Waals surface area contributed by atoms with Crippen LogP contribution in [0.2, 0.25) is 0 Å². The number of hydrogen-bond donors (Lipinski definition) is 0. The summed E-state index contributed by atoms with van der Waals surface area (Å²) in [6.45, 7) is 9.75. The Morgan fingerprint density at radius 3 is 2.34 bits per heavy atom. The molecule has 0 spiro atoms. The molecular formula is C24H32N2O6. The van der Waals surface area contributed by atoms with Gasteiger partial charge in [0.25, 0.3) is 17.7 Å². The van der Waals surface area contributed by atoms with Crippen LogP contribution < -0.4 is 0 Å². The van der Waals surface area contributed by atoms with Gasteiger partial charge in [-0.2, -0.15) is 0 Å². The molecule has 0 N–H and O–H groups in total. The van der Waals surface area contributed by atoms with Crippen LogP contribution in [0.3, 0.4) is 0 Å². The molecule has 3 rings (SSSR count). The smallest absolute Gasteiger partial charge is 0.338 e.